The number of hydrogen-bond donors (Lipinski definition) is 2. The third kappa shape index (κ3) is 4.73. The Morgan fingerprint density at radius 1 is 1.40 bits per heavy atom. The van der Waals surface area contributed by atoms with E-state index < -0.39 is 23.3 Å². The predicted octanol–water partition coefficient (Wildman–Crippen LogP) is 3.24. The van der Waals surface area contributed by atoms with Gasteiger partial charge in [-0.05, 0) is 31.5 Å². The lowest BCUT2D eigenvalue weighted by Crippen LogP contribution is -2.14. The SMILES string of the molecule is CCOCCCNc1ccc(C(=O)O)c(C(F)(F)F)c1. The first kappa shape index (κ1) is 16.3. The van der Waals surface area contributed by atoms with Crippen LogP contribution in [0, 0.1) is 0 Å². The van der Waals surface area contributed by atoms with Gasteiger partial charge in [-0.25, -0.2) is 4.79 Å². The lowest BCUT2D eigenvalue weighted by Gasteiger charge is -2.13. The van der Waals surface area contributed by atoms with Gasteiger partial charge in [0.05, 0.1) is 11.1 Å². The Labute approximate surface area is 114 Å². The summed E-state index contributed by atoms with van der Waals surface area (Å²) in [7, 11) is 0. The number of rotatable bonds is 7. The molecule has 0 radical (unpaired) electrons. The van der Waals surface area contributed by atoms with Crippen molar-refractivity contribution in [1.29, 1.82) is 0 Å². The number of aromatic carboxylic acids is 1. The molecule has 0 heterocycles. The Hall–Kier alpha value is -1.76. The highest BCUT2D eigenvalue weighted by Crippen LogP contribution is 2.33. The van der Waals surface area contributed by atoms with Crippen LogP contribution in [-0.2, 0) is 10.9 Å². The lowest BCUT2D eigenvalue weighted by molar-refractivity contribution is -0.138. The van der Waals surface area contributed by atoms with Gasteiger partial charge >= 0.3 is 12.1 Å². The summed E-state index contributed by atoms with van der Waals surface area (Å²) in [6.07, 6.45) is -4.05. The largest absolute Gasteiger partial charge is 0.478 e. The number of hydrogen-bond acceptors (Lipinski definition) is 3. The first-order valence-corrected chi connectivity index (χ1v) is 6.12. The Kier molecular flexibility index (Phi) is 5.82. The average Bonchev–Trinajstić information content (AvgIpc) is 2.37. The molecule has 0 amide bonds. The highest BCUT2D eigenvalue weighted by Gasteiger charge is 2.35. The zero-order chi connectivity index (χ0) is 15.2. The molecule has 0 fully saturated rings. The van der Waals surface area contributed by atoms with Gasteiger partial charge in [0.1, 0.15) is 0 Å². The van der Waals surface area contributed by atoms with Crippen LogP contribution >= 0.6 is 0 Å². The summed E-state index contributed by atoms with van der Waals surface area (Å²) in [4.78, 5) is 10.8. The standard InChI is InChI=1S/C13H16F3NO3/c1-2-20-7-3-6-17-9-4-5-10(12(18)19)11(8-9)13(14,15)16/h4-5,8,17H,2-3,6-7H2,1H3,(H,18,19). The van der Waals surface area contributed by atoms with Crippen molar-refractivity contribution in [3.05, 3.63) is 29.3 Å². The number of carbonyl (C=O) groups is 1. The number of ether oxygens (including phenoxy) is 1. The molecule has 1 rings (SSSR count). The fourth-order valence-electron chi connectivity index (χ4n) is 1.63. The topological polar surface area (TPSA) is 58.6 Å². The molecule has 0 aliphatic carbocycles. The Bertz CT molecular complexity index is 461. The van der Waals surface area contributed by atoms with E-state index in [0.29, 0.717) is 26.2 Å². The number of carboxylic acids is 1. The van der Waals surface area contributed by atoms with Crippen LogP contribution < -0.4 is 5.32 Å². The molecule has 2 N–H and O–H groups in total. The monoisotopic (exact) mass is 291 g/mol. The second kappa shape index (κ2) is 7.14. The molecule has 0 aliphatic heterocycles. The van der Waals surface area contributed by atoms with E-state index >= 15 is 0 Å². The van der Waals surface area contributed by atoms with Crippen molar-refractivity contribution < 1.29 is 27.8 Å². The normalized spacial score (nSPS) is 11.4. The maximum absolute atomic E-state index is 12.8. The zero-order valence-corrected chi connectivity index (χ0v) is 11.0. The highest BCUT2D eigenvalue weighted by molar-refractivity contribution is 5.90. The minimum Gasteiger partial charge on any atom is -0.478 e. The van der Waals surface area contributed by atoms with E-state index in [0.717, 1.165) is 12.1 Å². The minimum atomic E-state index is -4.70. The van der Waals surface area contributed by atoms with Crippen LogP contribution in [0.25, 0.3) is 0 Å². The van der Waals surface area contributed by atoms with E-state index in [1.807, 2.05) is 6.92 Å². The van der Waals surface area contributed by atoms with Gasteiger partial charge in [0.15, 0.2) is 0 Å². The molecule has 1 aromatic carbocycles. The number of nitrogens with one attached hydrogen (secondary N) is 1. The predicted molar refractivity (Wildman–Crippen MR) is 68.0 cm³/mol. The molecule has 0 aromatic heterocycles. The first-order chi connectivity index (χ1) is 9.36. The highest BCUT2D eigenvalue weighted by atomic mass is 19.4. The third-order valence-electron chi connectivity index (χ3n) is 2.55. The summed E-state index contributed by atoms with van der Waals surface area (Å²) in [6.45, 7) is 3.41. The van der Waals surface area contributed by atoms with Gasteiger partial charge in [0.25, 0.3) is 0 Å². The number of halogens is 3. The molecule has 112 valence electrons. The third-order valence-corrected chi connectivity index (χ3v) is 2.55. The van der Waals surface area contributed by atoms with Crippen molar-refractivity contribution in [2.24, 2.45) is 0 Å². The second-order valence-electron chi connectivity index (χ2n) is 4.04. The van der Waals surface area contributed by atoms with Crippen molar-refractivity contribution >= 4 is 11.7 Å². The van der Waals surface area contributed by atoms with Crippen LogP contribution in [0.2, 0.25) is 0 Å². The van der Waals surface area contributed by atoms with Crippen LogP contribution in [0.4, 0.5) is 18.9 Å². The summed E-state index contributed by atoms with van der Waals surface area (Å²) in [5.74, 6) is -1.60. The number of anilines is 1. The fourth-order valence-corrected chi connectivity index (χ4v) is 1.63. The molecule has 0 atom stereocenters. The molecule has 0 unspecified atom stereocenters. The summed E-state index contributed by atoms with van der Waals surface area (Å²) in [6, 6.07) is 3.08. The quantitative estimate of drug-likeness (QED) is 0.757. The van der Waals surface area contributed by atoms with Crippen LogP contribution in [-0.4, -0.2) is 30.8 Å². The zero-order valence-electron chi connectivity index (χ0n) is 11.0. The average molecular weight is 291 g/mol. The molecular formula is C13H16F3NO3. The van der Waals surface area contributed by atoms with Crippen molar-refractivity contribution in [2.75, 3.05) is 25.1 Å². The molecule has 1 aromatic rings. The Balaban J connectivity index is 2.77. The van der Waals surface area contributed by atoms with Gasteiger partial charge in [-0.15, -0.1) is 0 Å². The van der Waals surface area contributed by atoms with Crippen LogP contribution in [0.15, 0.2) is 18.2 Å². The summed E-state index contributed by atoms with van der Waals surface area (Å²) in [5.41, 5.74) is -1.67. The maximum Gasteiger partial charge on any atom is 0.417 e. The smallest absolute Gasteiger partial charge is 0.417 e. The van der Waals surface area contributed by atoms with Crippen molar-refractivity contribution in [3.8, 4) is 0 Å². The Morgan fingerprint density at radius 2 is 2.10 bits per heavy atom. The van der Waals surface area contributed by atoms with Crippen LogP contribution in [0.3, 0.4) is 0 Å². The van der Waals surface area contributed by atoms with Gasteiger partial charge in [-0.3, -0.25) is 0 Å². The van der Waals surface area contributed by atoms with E-state index in [2.05, 4.69) is 5.32 Å². The minimum absolute atomic E-state index is 0.235. The fraction of sp³-hybridized carbons (Fsp3) is 0.462. The van der Waals surface area contributed by atoms with Crippen molar-refractivity contribution in [1.82, 2.24) is 0 Å². The molecule has 0 aliphatic rings. The van der Waals surface area contributed by atoms with E-state index in [9.17, 15) is 18.0 Å². The van der Waals surface area contributed by atoms with Gasteiger partial charge in [0, 0.05) is 25.4 Å². The Morgan fingerprint density at radius 3 is 2.65 bits per heavy atom. The van der Waals surface area contributed by atoms with Gasteiger partial charge in [-0.2, -0.15) is 13.2 Å². The van der Waals surface area contributed by atoms with Crippen molar-refractivity contribution in [3.63, 3.8) is 0 Å². The molecule has 0 spiro atoms. The summed E-state index contributed by atoms with van der Waals surface area (Å²) in [5, 5.41) is 11.6. The number of carboxylic acid groups (broad SMARTS) is 1. The van der Waals surface area contributed by atoms with E-state index in [-0.39, 0.29) is 5.69 Å². The van der Waals surface area contributed by atoms with Gasteiger partial charge in [0.2, 0.25) is 0 Å². The molecule has 20 heavy (non-hydrogen) atoms. The van der Waals surface area contributed by atoms with E-state index in [1.54, 1.807) is 0 Å². The van der Waals surface area contributed by atoms with Crippen LogP contribution in [0.5, 0.6) is 0 Å². The van der Waals surface area contributed by atoms with E-state index in [1.165, 1.54) is 6.07 Å². The van der Waals surface area contributed by atoms with Gasteiger partial charge < -0.3 is 15.2 Å². The van der Waals surface area contributed by atoms with E-state index in [4.69, 9.17) is 9.84 Å². The molecular weight excluding hydrogens is 275 g/mol. The summed E-state index contributed by atoms with van der Waals surface area (Å²) >= 11 is 0. The number of benzene rings is 1. The second-order valence-corrected chi connectivity index (χ2v) is 4.04. The molecule has 4 nitrogen and oxygen atoms in total. The molecule has 0 bridgehead atoms. The maximum atomic E-state index is 12.8. The molecule has 7 heteroatoms. The lowest BCUT2D eigenvalue weighted by atomic mass is 10.1. The number of alkyl halides is 3. The molecule has 0 saturated carbocycles. The summed E-state index contributed by atoms with van der Waals surface area (Å²) < 4.78 is 43.4. The molecule has 0 saturated heterocycles. The van der Waals surface area contributed by atoms with Crippen LogP contribution in [0.1, 0.15) is 29.3 Å². The first-order valence-electron chi connectivity index (χ1n) is 6.12. The van der Waals surface area contributed by atoms with Gasteiger partial charge in [-0.1, -0.05) is 0 Å². The van der Waals surface area contributed by atoms with Crippen molar-refractivity contribution in [2.45, 2.75) is 19.5 Å².